The first-order valence-electron chi connectivity index (χ1n) is 19.7. The third-order valence-corrected chi connectivity index (χ3v) is 12.8. The Hall–Kier alpha value is -4.67. The summed E-state index contributed by atoms with van der Waals surface area (Å²) in [6.45, 7) is 12.3. The number of aliphatic hydroxyl groups is 3. The summed E-state index contributed by atoms with van der Waals surface area (Å²) in [4.78, 5) is 69.6. The molecule has 2 aromatic carbocycles. The maximum Gasteiger partial charge on any atom is 0.408 e. The zero-order chi connectivity index (χ0) is 43.5. The number of nitrogens with one attached hydrogen (secondary N) is 1. The SMILES string of the molecule is COC1C(=O)C2(C)C(O)CC3OCC3(OC(C)=O)C2C(OC(=O)c2ccccc2)C2(O)CC(OC(=O)C(O)C(NC(=O)OC(C)(C)C)c3ccccc3)C(C)=C1C2(C)C. The lowest BCUT2D eigenvalue weighted by atomic mass is 9.44. The Kier molecular flexibility index (Phi) is 11.7. The van der Waals surface area contributed by atoms with Crippen molar-refractivity contribution in [2.24, 2.45) is 16.7 Å². The van der Waals surface area contributed by atoms with Crippen molar-refractivity contribution in [3.63, 3.8) is 0 Å². The number of Topliss-reactive ketones (excluding diaryl/α,β-unsaturated/α-hetero) is 1. The Morgan fingerprint density at radius 2 is 1.58 bits per heavy atom. The number of ether oxygens (including phenoxy) is 6. The van der Waals surface area contributed by atoms with Crippen LogP contribution in [-0.2, 0) is 42.8 Å². The Bertz CT molecular complexity index is 1990. The van der Waals surface area contributed by atoms with E-state index in [2.05, 4.69) is 5.32 Å². The zero-order valence-electron chi connectivity index (χ0n) is 34.8. The number of esters is 3. The number of rotatable bonds is 9. The minimum Gasteiger partial charge on any atom is -0.456 e. The van der Waals surface area contributed by atoms with Crippen molar-refractivity contribution < 1.29 is 67.7 Å². The van der Waals surface area contributed by atoms with Gasteiger partial charge in [0.25, 0.3) is 0 Å². The van der Waals surface area contributed by atoms with Crippen LogP contribution in [-0.4, -0.2) is 112 Å². The van der Waals surface area contributed by atoms with Crippen molar-refractivity contribution in [2.45, 2.75) is 128 Å². The molecule has 1 amide bonds. The maximum absolute atomic E-state index is 15.3. The normalized spacial score (nSPS) is 33.3. The van der Waals surface area contributed by atoms with E-state index in [0.717, 1.165) is 0 Å². The number of methoxy groups -OCH3 is 1. The van der Waals surface area contributed by atoms with E-state index in [4.69, 9.17) is 28.4 Å². The predicted molar refractivity (Wildman–Crippen MR) is 208 cm³/mol. The van der Waals surface area contributed by atoms with Crippen molar-refractivity contribution in [3.8, 4) is 0 Å². The number of hydrogen-bond acceptors (Lipinski definition) is 14. The van der Waals surface area contributed by atoms with Crippen LogP contribution in [0.2, 0.25) is 0 Å². The topological polar surface area (TPSA) is 213 Å². The van der Waals surface area contributed by atoms with Crippen LogP contribution in [0.5, 0.6) is 0 Å². The van der Waals surface area contributed by atoms with Gasteiger partial charge in [-0.3, -0.25) is 9.59 Å². The summed E-state index contributed by atoms with van der Waals surface area (Å²) >= 11 is 0. The second-order valence-corrected chi connectivity index (χ2v) is 17.8. The first kappa shape index (κ1) is 43.9. The van der Waals surface area contributed by atoms with Crippen molar-refractivity contribution in [2.75, 3.05) is 13.7 Å². The summed E-state index contributed by atoms with van der Waals surface area (Å²) < 4.78 is 35.8. The van der Waals surface area contributed by atoms with Gasteiger partial charge < -0.3 is 49.1 Å². The molecule has 0 aromatic heterocycles. The van der Waals surface area contributed by atoms with Gasteiger partial charge in [0.15, 0.2) is 17.5 Å². The molecule has 0 spiro atoms. The maximum atomic E-state index is 15.3. The number of hydrogen-bond donors (Lipinski definition) is 4. The molecule has 320 valence electrons. The molecule has 3 fully saturated rings. The lowest BCUT2D eigenvalue weighted by molar-refractivity contribution is -0.346. The Labute approximate surface area is 343 Å². The summed E-state index contributed by atoms with van der Waals surface area (Å²) in [5.41, 5.74) is -7.29. The van der Waals surface area contributed by atoms with E-state index < -0.39 is 112 Å². The van der Waals surface area contributed by atoms with E-state index in [1.807, 2.05) is 0 Å². The monoisotopic (exact) mass is 821 g/mol. The quantitative estimate of drug-likeness (QED) is 0.161. The van der Waals surface area contributed by atoms with Crippen molar-refractivity contribution in [1.82, 2.24) is 5.32 Å². The van der Waals surface area contributed by atoms with Gasteiger partial charge in [-0.15, -0.1) is 0 Å². The van der Waals surface area contributed by atoms with Crippen LogP contribution >= 0.6 is 0 Å². The lowest BCUT2D eigenvalue weighted by Crippen LogP contribution is -2.81. The van der Waals surface area contributed by atoms with Gasteiger partial charge in [-0.2, -0.15) is 0 Å². The molecule has 4 aliphatic rings. The van der Waals surface area contributed by atoms with Crippen molar-refractivity contribution in [3.05, 3.63) is 82.9 Å². The van der Waals surface area contributed by atoms with Crippen molar-refractivity contribution >= 4 is 29.8 Å². The second kappa shape index (κ2) is 15.7. The second-order valence-electron chi connectivity index (χ2n) is 17.8. The molecule has 4 N–H and O–H groups in total. The van der Waals surface area contributed by atoms with Gasteiger partial charge in [-0.05, 0) is 63.5 Å². The molecule has 1 aliphatic heterocycles. The number of carbonyl (C=O) groups is 5. The highest BCUT2D eigenvalue weighted by molar-refractivity contribution is 5.94. The van der Waals surface area contributed by atoms with Gasteiger partial charge in [-0.1, -0.05) is 62.4 Å². The molecule has 1 heterocycles. The first-order chi connectivity index (χ1) is 27.5. The summed E-state index contributed by atoms with van der Waals surface area (Å²) in [7, 11) is 1.29. The summed E-state index contributed by atoms with van der Waals surface area (Å²) in [5, 5.41) is 39.8. The molecule has 11 atom stereocenters. The van der Waals surface area contributed by atoms with Crippen LogP contribution in [0, 0.1) is 16.7 Å². The molecular formula is C44H55NO14. The Morgan fingerprint density at radius 3 is 2.12 bits per heavy atom. The zero-order valence-corrected chi connectivity index (χ0v) is 34.8. The standard InChI is InChI=1S/C44H55NO14/c1-23-27(56-38(51)32(48)31(25-16-12-10-13-17-25)45-39(52)59-40(3,4)5)21-44(53)36(57-37(50)26-18-14-11-15-19-26)34-42(8,35(49)33(54-9)30(23)41(44,6)7)28(47)20-29-43(34,22-55-29)58-24(2)46/h10-19,27-29,31-34,36,47-48,53H,20-22H2,1-9H3,(H,45,52). The minimum absolute atomic E-state index is 0.108. The molecule has 2 saturated carbocycles. The number of benzene rings is 2. The highest BCUT2D eigenvalue weighted by Crippen LogP contribution is 2.64. The smallest absolute Gasteiger partial charge is 0.408 e. The fraction of sp³-hybridized carbons (Fsp3) is 0.568. The van der Waals surface area contributed by atoms with Gasteiger partial charge in [0.2, 0.25) is 0 Å². The molecule has 0 radical (unpaired) electrons. The molecule has 15 nitrogen and oxygen atoms in total. The largest absolute Gasteiger partial charge is 0.456 e. The number of amides is 1. The highest BCUT2D eigenvalue weighted by atomic mass is 16.6. The fourth-order valence-electron chi connectivity index (χ4n) is 9.75. The van der Waals surface area contributed by atoms with Gasteiger partial charge >= 0.3 is 24.0 Å². The van der Waals surface area contributed by atoms with Crippen LogP contribution in [0.25, 0.3) is 0 Å². The molecule has 59 heavy (non-hydrogen) atoms. The highest BCUT2D eigenvalue weighted by Gasteiger charge is 2.78. The number of fused-ring (bicyclic) bond motifs is 5. The number of ketones is 1. The summed E-state index contributed by atoms with van der Waals surface area (Å²) in [6.07, 6.45) is -10.5. The predicted octanol–water partition coefficient (Wildman–Crippen LogP) is 3.91. The number of alkyl carbamates (subject to hydrolysis) is 1. The van der Waals surface area contributed by atoms with E-state index in [1.165, 1.54) is 33.1 Å². The van der Waals surface area contributed by atoms with Crippen molar-refractivity contribution in [1.29, 1.82) is 0 Å². The van der Waals surface area contributed by atoms with Crippen LogP contribution < -0.4 is 5.32 Å². The van der Waals surface area contributed by atoms with Gasteiger partial charge in [-0.25, -0.2) is 14.4 Å². The van der Waals surface area contributed by atoms with Crippen LogP contribution in [0.1, 0.15) is 90.2 Å². The van der Waals surface area contributed by atoms with Gasteiger partial charge in [0.05, 0.1) is 35.6 Å². The van der Waals surface area contributed by atoms with E-state index >= 15 is 4.79 Å². The van der Waals surface area contributed by atoms with E-state index in [0.29, 0.717) is 11.1 Å². The minimum atomic E-state index is -2.27. The lowest BCUT2D eigenvalue weighted by Gasteiger charge is -2.67. The van der Waals surface area contributed by atoms with Crippen LogP contribution in [0.4, 0.5) is 4.79 Å². The van der Waals surface area contributed by atoms with E-state index in [9.17, 15) is 34.5 Å². The summed E-state index contributed by atoms with van der Waals surface area (Å²) in [6, 6.07) is 14.9. The summed E-state index contributed by atoms with van der Waals surface area (Å²) in [5.74, 6) is -4.91. The average molecular weight is 822 g/mol. The molecule has 11 unspecified atom stereocenters. The molecule has 15 heteroatoms. The van der Waals surface area contributed by atoms with Crippen LogP contribution in [0.15, 0.2) is 71.8 Å². The third-order valence-electron chi connectivity index (χ3n) is 12.8. The molecule has 2 bridgehead atoms. The first-order valence-corrected chi connectivity index (χ1v) is 19.7. The van der Waals surface area contributed by atoms with Gasteiger partial charge in [0.1, 0.15) is 35.6 Å². The fourth-order valence-corrected chi connectivity index (χ4v) is 9.75. The van der Waals surface area contributed by atoms with Crippen LogP contribution in [0.3, 0.4) is 0 Å². The van der Waals surface area contributed by atoms with Gasteiger partial charge in [0, 0.05) is 32.3 Å². The van der Waals surface area contributed by atoms with E-state index in [-0.39, 0.29) is 24.2 Å². The molecular weight excluding hydrogens is 766 g/mol. The van der Waals surface area contributed by atoms with E-state index in [1.54, 1.807) is 90.1 Å². The third kappa shape index (κ3) is 7.45. The molecule has 6 rings (SSSR count). The number of aliphatic hydroxyl groups excluding tert-OH is 2. The Balaban J connectivity index is 1.51. The molecule has 2 aromatic rings. The molecule has 3 aliphatic carbocycles. The Morgan fingerprint density at radius 1 is 0.966 bits per heavy atom. The average Bonchev–Trinajstić information content (AvgIpc) is 3.16. The molecule has 1 saturated heterocycles. The number of carbonyl (C=O) groups excluding carboxylic acids is 5.